The number of fused-ring (bicyclic) bond motifs is 1. The summed E-state index contributed by atoms with van der Waals surface area (Å²) in [5, 5.41) is 5.85. The second kappa shape index (κ2) is 7.74. The molecule has 0 amide bonds. The second-order valence-corrected chi connectivity index (χ2v) is 8.32. The molecule has 3 aromatic heterocycles. The normalized spacial score (nSPS) is 14.4. The van der Waals surface area contributed by atoms with Crippen molar-refractivity contribution in [3.63, 3.8) is 0 Å². The summed E-state index contributed by atoms with van der Waals surface area (Å²) < 4.78 is 1.69. The maximum Gasteiger partial charge on any atom is 0.188 e. The molecule has 5 rings (SSSR count). The van der Waals surface area contributed by atoms with Crippen LogP contribution in [-0.2, 0) is 7.05 Å². The number of aromatic nitrogens is 5. The highest BCUT2D eigenvalue weighted by Gasteiger charge is 2.29. The van der Waals surface area contributed by atoms with E-state index in [9.17, 15) is 4.79 Å². The number of halogens is 1. The molecule has 1 aliphatic rings. The van der Waals surface area contributed by atoms with Crippen molar-refractivity contribution in [3.8, 4) is 22.6 Å². The van der Waals surface area contributed by atoms with Crippen LogP contribution in [0.4, 0.5) is 5.82 Å². The van der Waals surface area contributed by atoms with Crippen molar-refractivity contribution in [1.82, 2.24) is 24.7 Å². The molecule has 0 radical (unpaired) electrons. The average molecular weight is 433 g/mol. The van der Waals surface area contributed by atoms with Gasteiger partial charge in [-0.25, -0.2) is 9.97 Å². The number of ketones is 1. The molecule has 1 aliphatic carbocycles. The molecule has 31 heavy (non-hydrogen) atoms. The van der Waals surface area contributed by atoms with E-state index in [1.165, 1.54) is 0 Å². The summed E-state index contributed by atoms with van der Waals surface area (Å²) in [7, 11) is 1.83. The first kappa shape index (κ1) is 19.6. The third kappa shape index (κ3) is 3.55. The van der Waals surface area contributed by atoms with Gasteiger partial charge < -0.3 is 5.73 Å². The zero-order valence-corrected chi connectivity index (χ0v) is 17.8. The summed E-state index contributed by atoms with van der Waals surface area (Å²) in [6.45, 7) is 0. The fraction of sp³-hybridized carbons (Fsp3) is 0.261. The number of aryl methyl sites for hydroxylation is 1. The summed E-state index contributed by atoms with van der Waals surface area (Å²) in [6.07, 6.45) is 7.36. The van der Waals surface area contributed by atoms with E-state index in [2.05, 4.69) is 15.1 Å². The Morgan fingerprint density at radius 3 is 2.71 bits per heavy atom. The van der Waals surface area contributed by atoms with Crippen LogP contribution in [-0.4, -0.2) is 30.5 Å². The van der Waals surface area contributed by atoms with Gasteiger partial charge in [-0.05, 0) is 37.1 Å². The summed E-state index contributed by atoms with van der Waals surface area (Å²) in [5.74, 6) is 0.0503. The molecule has 8 heteroatoms. The molecule has 4 aromatic rings. The number of pyridine rings is 1. The van der Waals surface area contributed by atoms with Crippen LogP contribution in [0.1, 0.15) is 36.2 Å². The Hall–Kier alpha value is -3.32. The van der Waals surface area contributed by atoms with Crippen molar-refractivity contribution >= 4 is 34.1 Å². The Bertz CT molecular complexity index is 1310. The van der Waals surface area contributed by atoms with Gasteiger partial charge in [0.2, 0.25) is 0 Å². The Labute approximate surface area is 184 Å². The van der Waals surface area contributed by atoms with Crippen LogP contribution in [0.2, 0.25) is 5.02 Å². The predicted octanol–water partition coefficient (Wildman–Crippen LogP) is 4.70. The first-order valence-electron chi connectivity index (χ1n) is 10.3. The van der Waals surface area contributed by atoms with Gasteiger partial charge in [-0.15, -0.1) is 0 Å². The van der Waals surface area contributed by atoms with Gasteiger partial charge in [0.15, 0.2) is 11.6 Å². The third-order valence-electron chi connectivity index (χ3n) is 5.77. The van der Waals surface area contributed by atoms with E-state index in [1.807, 2.05) is 37.5 Å². The number of nitrogens with two attached hydrogens (primary N) is 1. The molecule has 0 spiro atoms. The molecule has 1 saturated carbocycles. The first-order valence-corrected chi connectivity index (χ1v) is 10.7. The molecule has 0 unspecified atom stereocenters. The Morgan fingerprint density at radius 2 is 1.97 bits per heavy atom. The number of benzene rings is 1. The van der Waals surface area contributed by atoms with E-state index in [0.29, 0.717) is 27.6 Å². The minimum absolute atomic E-state index is 0.0372. The summed E-state index contributed by atoms with van der Waals surface area (Å²) >= 11 is 6.53. The lowest BCUT2D eigenvalue weighted by molar-refractivity contribution is 0.0918. The average Bonchev–Trinajstić information content (AvgIpc) is 3.45. The van der Waals surface area contributed by atoms with Crippen molar-refractivity contribution in [1.29, 1.82) is 0 Å². The van der Waals surface area contributed by atoms with Crippen LogP contribution in [0.5, 0.6) is 0 Å². The molecule has 0 bridgehead atoms. The van der Waals surface area contributed by atoms with E-state index in [0.717, 1.165) is 36.6 Å². The zero-order chi connectivity index (χ0) is 21.5. The van der Waals surface area contributed by atoms with Gasteiger partial charge in [-0.2, -0.15) is 5.10 Å². The summed E-state index contributed by atoms with van der Waals surface area (Å²) in [6, 6.07) is 9.38. The fourth-order valence-electron chi connectivity index (χ4n) is 4.22. The van der Waals surface area contributed by atoms with Gasteiger partial charge in [-0.3, -0.25) is 14.5 Å². The third-order valence-corrected chi connectivity index (χ3v) is 6.06. The number of nitrogens with zero attached hydrogens (tertiary/aromatic N) is 5. The maximum atomic E-state index is 13.1. The van der Waals surface area contributed by atoms with Gasteiger partial charge >= 0.3 is 0 Å². The van der Waals surface area contributed by atoms with Crippen LogP contribution >= 0.6 is 11.6 Å². The van der Waals surface area contributed by atoms with Gasteiger partial charge in [0.05, 0.1) is 16.2 Å². The van der Waals surface area contributed by atoms with Crippen LogP contribution in [0, 0.1) is 5.92 Å². The van der Waals surface area contributed by atoms with Gasteiger partial charge in [-0.1, -0.05) is 30.5 Å². The molecule has 7 nitrogen and oxygen atoms in total. The Kier molecular flexibility index (Phi) is 4.90. The lowest BCUT2D eigenvalue weighted by Crippen LogP contribution is -2.17. The molecule has 3 heterocycles. The number of hydrogen-bond acceptors (Lipinski definition) is 6. The van der Waals surface area contributed by atoms with Crippen molar-refractivity contribution in [3.05, 3.63) is 53.4 Å². The lowest BCUT2D eigenvalue weighted by atomic mass is 9.98. The number of carbonyl (C=O) groups is 1. The molecule has 2 N–H and O–H groups in total. The molecule has 0 saturated heterocycles. The van der Waals surface area contributed by atoms with Crippen LogP contribution < -0.4 is 5.73 Å². The smallest absolute Gasteiger partial charge is 0.188 e. The van der Waals surface area contributed by atoms with E-state index >= 15 is 0 Å². The molecule has 1 fully saturated rings. The zero-order valence-electron chi connectivity index (χ0n) is 17.0. The predicted molar refractivity (Wildman–Crippen MR) is 121 cm³/mol. The highest BCUT2D eigenvalue weighted by Crippen LogP contribution is 2.36. The molecule has 156 valence electrons. The molecule has 1 aromatic carbocycles. The van der Waals surface area contributed by atoms with Gasteiger partial charge in [0.25, 0.3) is 0 Å². The summed E-state index contributed by atoms with van der Waals surface area (Å²) in [5.41, 5.74) is 9.57. The minimum atomic E-state index is -0.0467. The molecule has 0 atom stereocenters. The highest BCUT2D eigenvalue weighted by atomic mass is 35.5. The topological polar surface area (TPSA) is 99.6 Å². The van der Waals surface area contributed by atoms with Crippen molar-refractivity contribution in [2.75, 3.05) is 5.73 Å². The quantitative estimate of drug-likeness (QED) is 0.469. The van der Waals surface area contributed by atoms with E-state index < -0.39 is 0 Å². The van der Waals surface area contributed by atoms with E-state index in [-0.39, 0.29) is 23.2 Å². The van der Waals surface area contributed by atoms with E-state index in [1.54, 1.807) is 16.9 Å². The largest absolute Gasteiger partial charge is 0.382 e. The molecular weight excluding hydrogens is 412 g/mol. The van der Waals surface area contributed by atoms with Crippen molar-refractivity contribution < 1.29 is 4.79 Å². The van der Waals surface area contributed by atoms with Crippen LogP contribution in [0.3, 0.4) is 0 Å². The first-order chi connectivity index (χ1) is 15.0. The van der Waals surface area contributed by atoms with E-state index in [4.69, 9.17) is 22.3 Å². The number of hydrogen-bond donors (Lipinski definition) is 1. The number of anilines is 1. The van der Waals surface area contributed by atoms with Crippen LogP contribution in [0.25, 0.3) is 33.5 Å². The lowest BCUT2D eigenvalue weighted by Gasteiger charge is -2.14. The second-order valence-electron chi connectivity index (χ2n) is 7.91. The van der Waals surface area contributed by atoms with Gasteiger partial charge in [0.1, 0.15) is 17.1 Å². The summed E-state index contributed by atoms with van der Waals surface area (Å²) in [4.78, 5) is 26.8. The number of rotatable bonds is 4. The standard InChI is InChI=1S/C23H21ClN6O/c1-30-10-8-17(29-30)20-19(15-11-14-7-4-9-26-18(14)16(24)12-15)27-21(23(25)28-20)22(31)13-5-2-3-6-13/h4,7-13H,2-3,5-6H2,1H3,(H2,25,28). The van der Waals surface area contributed by atoms with Crippen molar-refractivity contribution in [2.45, 2.75) is 25.7 Å². The molecular formula is C23H21ClN6O. The van der Waals surface area contributed by atoms with Crippen molar-refractivity contribution in [2.24, 2.45) is 13.0 Å². The number of Topliss-reactive ketones (excluding diaryl/α,β-unsaturated/α-hetero) is 1. The Balaban J connectivity index is 1.73. The maximum absolute atomic E-state index is 13.1. The highest BCUT2D eigenvalue weighted by molar-refractivity contribution is 6.35. The Morgan fingerprint density at radius 1 is 1.16 bits per heavy atom. The molecule has 0 aliphatic heterocycles. The SMILES string of the molecule is Cn1ccc(-c2nc(N)c(C(=O)C3CCCC3)nc2-c2cc(Cl)c3ncccc3c2)n1. The number of nitrogen functional groups attached to an aromatic ring is 1. The van der Waals surface area contributed by atoms with Gasteiger partial charge in [0, 0.05) is 36.3 Å². The fourth-order valence-corrected chi connectivity index (χ4v) is 4.49. The van der Waals surface area contributed by atoms with Crippen LogP contribution in [0.15, 0.2) is 42.7 Å². The monoisotopic (exact) mass is 432 g/mol. The minimum Gasteiger partial charge on any atom is -0.382 e. The number of carbonyl (C=O) groups excluding carboxylic acids is 1.